The molecule has 0 unspecified atom stereocenters. The van der Waals surface area contributed by atoms with Gasteiger partial charge in [0, 0.05) is 41.5 Å². The molecule has 5 nitrogen and oxygen atoms in total. The van der Waals surface area contributed by atoms with E-state index in [1.807, 2.05) is 37.4 Å². The molecular weight excluding hydrogens is 280 g/mol. The fraction of sp³-hybridized carbons (Fsp3) is 0.118. The topological polar surface area (TPSA) is 63.4 Å². The van der Waals surface area contributed by atoms with Crippen molar-refractivity contribution in [2.45, 2.75) is 0 Å². The van der Waals surface area contributed by atoms with Crippen molar-refractivity contribution in [1.82, 2.24) is 4.98 Å². The van der Waals surface area contributed by atoms with E-state index in [1.54, 1.807) is 12.1 Å². The fourth-order valence-corrected chi connectivity index (χ4v) is 2.64. The first kappa shape index (κ1) is 12.8. The third-order valence-electron chi connectivity index (χ3n) is 3.79. The van der Waals surface area contributed by atoms with Gasteiger partial charge in [0.1, 0.15) is 0 Å². The Balaban J connectivity index is 1.92. The molecule has 0 fully saturated rings. The minimum absolute atomic E-state index is 0.0445. The van der Waals surface area contributed by atoms with E-state index in [4.69, 9.17) is 9.47 Å². The van der Waals surface area contributed by atoms with Crippen LogP contribution in [0.4, 0.5) is 5.69 Å². The first-order chi connectivity index (χ1) is 10.7. The number of aromatic nitrogens is 1. The molecule has 0 saturated heterocycles. The molecule has 1 aliphatic rings. The normalized spacial score (nSPS) is 12.6. The molecule has 3 aromatic rings. The average molecular weight is 294 g/mol. The lowest BCUT2D eigenvalue weighted by molar-refractivity contribution is 0.174. The SMILES string of the molecule is CNc1cccc(-c2cc(=O)c3cc4c(cc3[nH]2)OCO4)c1. The average Bonchev–Trinajstić information content (AvgIpc) is 3.00. The number of nitrogens with one attached hydrogen (secondary N) is 2. The van der Waals surface area contributed by atoms with Gasteiger partial charge in [-0.15, -0.1) is 0 Å². The Bertz CT molecular complexity index is 931. The zero-order chi connectivity index (χ0) is 15.1. The summed E-state index contributed by atoms with van der Waals surface area (Å²) in [6.07, 6.45) is 0. The standard InChI is InChI=1S/C17H14N2O3/c1-18-11-4-2-3-10(5-11)13-7-15(20)12-6-16-17(22-9-21-16)8-14(12)19-13/h2-8,18H,9H2,1H3,(H,19,20). The number of hydrogen-bond donors (Lipinski definition) is 2. The van der Waals surface area contributed by atoms with Gasteiger partial charge in [-0.05, 0) is 18.2 Å². The number of anilines is 1. The molecule has 1 aromatic heterocycles. The van der Waals surface area contributed by atoms with Crippen molar-refractivity contribution < 1.29 is 9.47 Å². The number of rotatable bonds is 2. The van der Waals surface area contributed by atoms with Crippen LogP contribution in [-0.4, -0.2) is 18.8 Å². The largest absolute Gasteiger partial charge is 0.454 e. The summed E-state index contributed by atoms with van der Waals surface area (Å²) in [5.41, 5.74) is 3.40. The second-order valence-electron chi connectivity index (χ2n) is 5.13. The number of aromatic amines is 1. The zero-order valence-electron chi connectivity index (χ0n) is 12.0. The van der Waals surface area contributed by atoms with Crippen LogP contribution in [0.25, 0.3) is 22.2 Å². The third kappa shape index (κ3) is 1.98. The van der Waals surface area contributed by atoms with E-state index in [0.717, 1.165) is 22.5 Å². The number of pyridine rings is 1. The highest BCUT2D eigenvalue weighted by molar-refractivity contribution is 5.85. The highest BCUT2D eigenvalue weighted by atomic mass is 16.7. The predicted octanol–water partition coefficient (Wildman–Crippen LogP) is 2.97. The van der Waals surface area contributed by atoms with Gasteiger partial charge in [-0.25, -0.2) is 0 Å². The number of ether oxygens (including phenoxy) is 2. The van der Waals surface area contributed by atoms with Crippen molar-refractivity contribution in [2.75, 3.05) is 19.2 Å². The summed E-state index contributed by atoms with van der Waals surface area (Å²) in [7, 11) is 1.86. The maximum Gasteiger partial charge on any atom is 0.231 e. The molecule has 2 heterocycles. The summed E-state index contributed by atoms with van der Waals surface area (Å²) >= 11 is 0. The summed E-state index contributed by atoms with van der Waals surface area (Å²) in [6, 6.07) is 13.0. The number of fused-ring (bicyclic) bond motifs is 2. The van der Waals surface area contributed by atoms with E-state index < -0.39 is 0 Å². The van der Waals surface area contributed by atoms with Gasteiger partial charge in [0.25, 0.3) is 0 Å². The molecule has 110 valence electrons. The highest BCUT2D eigenvalue weighted by Crippen LogP contribution is 2.35. The van der Waals surface area contributed by atoms with Crippen LogP contribution in [-0.2, 0) is 0 Å². The van der Waals surface area contributed by atoms with Crippen LogP contribution in [0.3, 0.4) is 0 Å². The highest BCUT2D eigenvalue weighted by Gasteiger charge is 2.16. The van der Waals surface area contributed by atoms with Crippen molar-refractivity contribution in [3.63, 3.8) is 0 Å². The fourth-order valence-electron chi connectivity index (χ4n) is 2.64. The number of H-pyrrole nitrogens is 1. The maximum atomic E-state index is 12.4. The summed E-state index contributed by atoms with van der Waals surface area (Å²) in [6.45, 7) is 0.191. The lowest BCUT2D eigenvalue weighted by atomic mass is 10.1. The number of hydrogen-bond acceptors (Lipinski definition) is 4. The molecule has 0 amide bonds. The van der Waals surface area contributed by atoms with E-state index in [-0.39, 0.29) is 12.2 Å². The van der Waals surface area contributed by atoms with E-state index in [1.165, 1.54) is 0 Å². The van der Waals surface area contributed by atoms with Gasteiger partial charge in [-0.2, -0.15) is 0 Å². The predicted molar refractivity (Wildman–Crippen MR) is 85.7 cm³/mol. The van der Waals surface area contributed by atoms with Crippen LogP contribution >= 0.6 is 0 Å². The Morgan fingerprint density at radius 3 is 2.73 bits per heavy atom. The molecule has 0 saturated carbocycles. The molecule has 22 heavy (non-hydrogen) atoms. The molecule has 0 spiro atoms. The van der Waals surface area contributed by atoms with Gasteiger partial charge in [0.2, 0.25) is 6.79 Å². The molecule has 1 aliphatic heterocycles. The van der Waals surface area contributed by atoms with E-state index in [2.05, 4.69) is 10.3 Å². The smallest absolute Gasteiger partial charge is 0.231 e. The zero-order valence-corrected chi connectivity index (χ0v) is 12.0. The molecule has 4 rings (SSSR count). The van der Waals surface area contributed by atoms with Crippen LogP contribution in [0.2, 0.25) is 0 Å². The Kier molecular flexibility index (Phi) is 2.79. The second kappa shape index (κ2) is 4.80. The Hall–Kier alpha value is -2.95. The van der Waals surface area contributed by atoms with Crippen molar-refractivity contribution >= 4 is 16.6 Å². The Labute approximate surface area is 126 Å². The Morgan fingerprint density at radius 2 is 1.91 bits per heavy atom. The van der Waals surface area contributed by atoms with E-state index >= 15 is 0 Å². The van der Waals surface area contributed by atoms with Crippen LogP contribution in [0.5, 0.6) is 11.5 Å². The van der Waals surface area contributed by atoms with Gasteiger partial charge >= 0.3 is 0 Å². The number of benzene rings is 2. The van der Waals surface area contributed by atoms with E-state index in [0.29, 0.717) is 16.9 Å². The summed E-state index contributed by atoms with van der Waals surface area (Å²) in [5, 5.41) is 3.69. The second-order valence-corrected chi connectivity index (χ2v) is 5.13. The first-order valence-electron chi connectivity index (χ1n) is 6.99. The minimum Gasteiger partial charge on any atom is -0.454 e. The van der Waals surface area contributed by atoms with Gasteiger partial charge in [0.15, 0.2) is 16.9 Å². The molecule has 2 aromatic carbocycles. The first-order valence-corrected chi connectivity index (χ1v) is 6.99. The molecule has 0 bridgehead atoms. The molecule has 0 atom stereocenters. The quantitative estimate of drug-likeness (QED) is 0.762. The van der Waals surface area contributed by atoms with Crippen LogP contribution in [0, 0.1) is 0 Å². The van der Waals surface area contributed by atoms with Crippen molar-refractivity contribution in [2.24, 2.45) is 0 Å². The van der Waals surface area contributed by atoms with Crippen molar-refractivity contribution in [1.29, 1.82) is 0 Å². The lowest BCUT2D eigenvalue weighted by Crippen LogP contribution is -2.03. The molecule has 0 radical (unpaired) electrons. The summed E-state index contributed by atoms with van der Waals surface area (Å²) in [5.74, 6) is 1.27. The molecule has 0 aliphatic carbocycles. The molecule has 2 N–H and O–H groups in total. The Morgan fingerprint density at radius 1 is 1.09 bits per heavy atom. The van der Waals surface area contributed by atoms with Gasteiger partial charge in [-0.3, -0.25) is 4.79 Å². The van der Waals surface area contributed by atoms with Crippen LogP contribution < -0.4 is 20.2 Å². The molecule has 5 heteroatoms. The van der Waals surface area contributed by atoms with Crippen molar-refractivity contribution in [3.05, 3.63) is 52.7 Å². The lowest BCUT2D eigenvalue weighted by Gasteiger charge is -2.07. The molecular formula is C17H14N2O3. The van der Waals surface area contributed by atoms with E-state index in [9.17, 15) is 4.79 Å². The summed E-state index contributed by atoms with van der Waals surface area (Å²) in [4.78, 5) is 15.7. The van der Waals surface area contributed by atoms with Gasteiger partial charge < -0.3 is 19.8 Å². The minimum atomic E-state index is -0.0445. The van der Waals surface area contributed by atoms with Crippen LogP contribution in [0.1, 0.15) is 0 Å². The van der Waals surface area contributed by atoms with Crippen molar-refractivity contribution in [3.8, 4) is 22.8 Å². The monoisotopic (exact) mass is 294 g/mol. The third-order valence-corrected chi connectivity index (χ3v) is 3.79. The summed E-state index contributed by atoms with van der Waals surface area (Å²) < 4.78 is 10.7. The maximum absolute atomic E-state index is 12.4. The van der Waals surface area contributed by atoms with Gasteiger partial charge in [0.05, 0.1) is 5.52 Å². The van der Waals surface area contributed by atoms with Crippen LogP contribution in [0.15, 0.2) is 47.3 Å². The van der Waals surface area contributed by atoms with Gasteiger partial charge in [-0.1, -0.05) is 12.1 Å².